The van der Waals surface area contributed by atoms with Crippen molar-refractivity contribution in [2.75, 3.05) is 25.0 Å². The number of rotatable bonds is 5. The number of nitrogens with one attached hydrogen (secondary N) is 2. The number of hydrogen-bond donors (Lipinski definition) is 2. The van der Waals surface area contributed by atoms with Crippen molar-refractivity contribution in [2.24, 2.45) is 0 Å². The van der Waals surface area contributed by atoms with E-state index in [1.807, 2.05) is 18.2 Å². The zero-order valence-electron chi connectivity index (χ0n) is 13.0. The van der Waals surface area contributed by atoms with E-state index in [1.54, 1.807) is 36.4 Å². The second kappa shape index (κ2) is 6.95. The first kappa shape index (κ1) is 15.7. The number of nitrogens with zero attached hydrogens (tertiary/aromatic N) is 1. The minimum Gasteiger partial charge on any atom is -0.376 e. The topological polar surface area (TPSA) is 78.5 Å². The molecule has 6 heteroatoms. The van der Waals surface area contributed by atoms with Crippen molar-refractivity contribution >= 4 is 23.4 Å². The third-order valence-corrected chi connectivity index (χ3v) is 3.76. The predicted molar refractivity (Wildman–Crippen MR) is 89.9 cm³/mol. The Kier molecular flexibility index (Phi) is 4.56. The summed E-state index contributed by atoms with van der Waals surface area (Å²) in [5, 5.41) is 5.55. The van der Waals surface area contributed by atoms with Crippen LogP contribution in [0.2, 0.25) is 0 Å². The Hall–Kier alpha value is -3.15. The van der Waals surface area contributed by atoms with Gasteiger partial charge in [-0.05, 0) is 12.1 Å². The lowest BCUT2D eigenvalue weighted by Gasteiger charge is -2.13. The summed E-state index contributed by atoms with van der Waals surface area (Å²) in [6, 6.07) is 15.6. The smallest absolute Gasteiger partial charge is 0.324 e. The van der Waals surface area contributed by atoms with Crippen molar-refractivity contribution in [1.82, 2.24) is 10.2 Å². The van der Waals surface area contributed by atoms with Crippen LogP contribution in [0, 0.1) is 0 Å². The van der Waals surface area contributed by atoms with E-state index < -0.39 is 0 Å². The molecule has 2 N–H and O–H groups in total. The number of benzene rings is 2. The van der Waals surface area contributed by atoms with Crippen molar-refractivity contribution in [3.8, 4) is 0 Å². The van der Waals surface area contributed by atoms with E-state index in [9.17, 15) is 14.4 Å². The Morgan fingerprint density at radius 1 is 1.04 bits per heavy atom. The first-order valence-electron chi connectivity index (χ1n) is 7.67. The van der Waals surface area contributed by atoms with Gasteiger partial charge in [-0.15, -0.1) is 0 Å². The van der Waals surface area contributed by atoms with Crippen LogP contribution in [-0.4, -0.2) is 42.3 Å². The van der Waals surface area contributed by atoms with E-state index in [0.717, 1.165) is 0 Å². The molecule has 1 saturated heterocycles. The normalized spacial score (nSPS) is 13.5. The maximum atomic E-state index is 12.4. The van der Waals surface area contributed by atoms with Crippen LogP contribution < -0.4 is 10.6 Å². The Balaban J connectivity index is 1.66. The standard InChI is InChI=1S/C18H17N3O3/c22-16(21-10-9-19-18(21)24)12-20-15-8-4-7-14(11-15)17(23)13-5-2-1-3-6-13/h1-8,11,20H,9-10,12H2,(H,19,24). The quantitative estimate of drug-likeness (QED) is 0.824. The van der Waals surface area contributed by atoms with E-state index in [1.165, 1.54) is 4.90 Å². The molecule has 2 aromatic rings. The first-order valence-corrected chi connectivity index (χ1v) is 7.67. The van der Waals surface area contributed by atoms with Gasteiger partial charge in [0.25, 0.3) is 0 Å². The maximum absolute atomic E-state index is 12.4. The maximum Gasteiger partial charge on any atom is 0.324 e. The molecule has 2 aromatic carbocycles. The zero-order valence-corrected chi connectivity index (χ0v) is 13.0. The summed E-state index contributed by atoms with van der Waals surface area (Å²) in [4.78, 5) is 37.1. The lowest BCUT2D eigenvalue weighted by atomic mass is 10.0. The van der Waals surface area contributed by atoms with Gasteiger partial charge in [0.2, 0.25) is 5.91 Å². The van der Waals surface area contributed by atoms with Gasteiger partial charge in [0.15, 0.2) is 5.78 Å². The Labute approximate surface area is 139 Å². The van der Waals surface area contributed by atoms with E-state index >= 15 is 0 Å². The van der Waals surface area contributed by atoms with Crippen molar-refractivity contribution in [2.45, 2.75) is 0 Å². The predicted octanol–water partition coefficient (Wildman–Crippen LogP) is 1.88. The second-order valence-electron chi connectivity index (χ2n) is 5.41. The largest absolute Gasteiger partial charge is 0.376 e. The summed E-state index contributed by atoms with van der Waals surface area (Å²) in [6.07, 6.45) is 0. The molecule has 24 heavy (non-hydrogen) atoms. The number of urea groups is 1. The van der Waals surface area contributed by atoms with E-state index in [4.69, 9.17) is 0 Å². The number of ketones is 1. The van der Waals surface area contributed by atoms with E-state index in [0.29, 0.717) is 29.9 Å². The van der Waals surface area contributed by atoms with Gasteiger partial charge in [0.05, 0.1) is 6.54 Å². The average Bonchev–Trinajstić information content (AvgIpc) is 3.06. The van der Waals surface area contributed by atoms with Crippen LogP contribution in [0.15, 0.2) is 54.6 Å². The van der Waals surface area contributed by atoms with Crippen LogP contribution in [0.5, 0.6) is 0 Å². The van der Waals surface area contributed by atoms with Gasteiger partial charge in [-0.3, -0.25) is 14.5 Å². The summed E-state index contributed by atoms with van der Waals surface area (Å²) < 4.78 is 0. The van der Waals surface area contributed by atoms with Crippen LogP contribution in [0.3, 0.4) is 0 Å². The molecule has 6 nitrogen and oxygen atoms in total. The highest BCUT2D eigenvalue weighted by molar-refractivity contribution is 6.09. The van der Waals surface area contributed by atoms with Gasteiger partial charge in [0, 0.05) is 29.9 Å². The van der Waals surface area contributed by atoms with E-state index in [-0.39, 0.29) is 24.3 Å². The third kappa shape index (κ3) is 3.43. The second-order valence-corrected chi connectivity index (χ2v) is 5.41. The minimum absolute atomic E-state index is 0.00357. The SMILES string of the molecule is O=C(c1ccccc1)c1cccc(NCC(=O)N2CCNC2=O)c1. The molecule has 0 bridgehead atoms. The van der Waals surface area contributed by atoms with Crippen LogP contribution in [0.4, 0.5) is 10.5 Å². The van der Waals surface area contributed by atoms with Crippen LogP contribution in [-0.2, 0) is 4.79 Å². The lowest BCUT2D eigenvalue weighted by molar-refractivity contribution is -0.125. The number of anilines is 1. The Bertz CT molecular complexity index is 774. The van der Waals surface area contributed by atoms with Crippen molar-refractivity contribution in [3.05, 3.63) is 65.7 Å². The number of carbonyl (C=O) groups is 3. The van der Waals surface area contributed by atoms with Crippen molar-refractivity contribution in [1.29, 1.82) is 0 Å². The van der Waals surface area contributed by atoms with Gasteiger partial charge in [-0.25, -0.2) is 4.79 Å². The fraction of sp³-hybridized carbons (Fsp3) is 0.167. The molecule has 0 saturated carbocycles. The van der Waals surface area contributed by atoms with Gasteiger partial charge in [-0.1, -0.05) is 42.5 Å². The third-order valence-electron chi connectivity index (χ3n) is 3.76. The molecular weight excluding hydrogens is 306 g/mol. The first-order chi connectivity index (χ1) is 11.6. The average molecular weight is 323 g/mol. The molecule has 0 aliphatic carbocycles. The summed E-state index contributed by atoms with van der Waals surface area (Å²) >= 11 is 0. The Morgan fingerprint density at radius 2 is 1.79 bits per heavy atom. The van der Waals surface area contributed by atoms with Crippen LogP contribution >= 0.6 is 0 Å². The minimum atomic E-state index is -0.366. The molecule has 0 aromatic heterocycles. The van der Waals surface area contributed by atoms with Gasteiger partial charge in [0.1, 0.15) is 0 Å². The fourth-order valence-electron chi connectivity index (χ4n) is 2.51. The number of hydrogen-bond acceptors (Lipinski definition) is 4. The summed E-state index contributed by atoms with van der Waals surface area (Å²) in [5.41, 5.74) is 1.81. The zero-order chi connectivity index (χ0) is 16.9. The van der Waals surface area contributed by atoms with Gasteiger partial charge in [-0.2, -0.15) is 0 Å². The van der Waals surface area contributed by atoms with Gasteiger partial charge >= 0.3 is 6.03 Å². The molecule has 3 rings (SSSR count). The summed E-state index contributed by atoms with van der Waals surface area (Å²) in [7, 11) is 0. The molecular formula is C18H17N3O3. The molecule has 0 atom stereocenters. The summed E-state index contributed by atoms with van der Waals surface area (Å²) in [5.74, 6) is -0.380. The number of imide groups is 1. The molecule has 1 fully saturated rings. The highest BCUT2D eigenvalue weighted by Gasteiger charge is 2.25. The van der Waals surface area contributed by atoms with Crippen molar-refractivity contribution < 1.29 is 14.4 Å². The number of amides is 3. The Morgan fingerprint density at radius 3 is 2.50 bits per heavy atom. The molecule has 0 unspecified atom stereocenters. The molecule has 0 radical (unpaired) electrons. The molecule has 1 aliphatic rings. The monoisotopic (exact) mass is 323 g/mol. The highest BCUT2D eigenvalue weighted by Crippen LogP contribution is 2.15. The molecule has 3 amide bonds. The molecule has 1 heterocycles. The lowest BCUT2D eigenvalue weighted by Crippen LogP contribution is -2.38. The van der Waals surface area contributed by atoms with Gasteiger partial charge < -0.3 is 10.6 Å². The van der Waals surface area contributed by atoms with Crippen LogP contribution in [0.25, 0.3) is 0 Å². The summed E-state index contributed by atoms with van der Waals surface area (Å²) in [6.45, 7) is 0.855. The molecule has 1 aliphatic heterocycles. The van der Waals surface area contributed by atoms with E-state index in [2.05, 4.69) is 10.6 Å². The molecule has 122 valence electrons. The molecule has 0 spiro atoms. The van der Waals surface area contributed by atoms with Crippen LogP contribution in [0.1, 0.15) is 15.9 Å². The number of carbonyl (C=O) groups excluding carboxylic acids is 3. The fourth-order valence-corrected chi connectivity index (χ4v) is 2.51. The highest BCUT2D eigenvalue weighted by atomic mass is 16.2. The van der Waals surface area contributed by atoms with Crippen molar-refractivity contribution in [3.63, 3.8) is 0 Å².